The SMILES string of the molecule is CC(C)(C)OC(=O)NC1CCN(CC2c3[nH]c4ccc(Cl)cc4c3CCN2CCNc2ccc(Cl)c(C(F)(F)F)n2)C1. The molecule has 1 fully saturated rings. The average molecular weight is 628 g/mol. The Morgan fingerprint density at radius 3 is 2.69 bits per heavy atom. The summed E-state index contributed by atoms with van der Waals surface area (Å²) in [5.74, 6) is 0.122. The molecule has 13 heteroatoms. The Kier molecular flexibility index (Phi) is 8.85. The number of anilines is 1. The van der Waals surface area contributed by atoms with E-state index in [1.165, 1.54) is 17.7 Å². The fourth-order valence-electron chi connectivity index (χ4n) is 5.76. The van der Waals surface area contributed by atoms with Crippen LogP contribution in [-0.4, -0.2) is 76.8 Å². The lowest BCUT2D eigenvalue weighted by Gasteiger charge is -2.38. The molecular formula is C29H35Cl2F3N6O2. The van der Waals surface area contributed by atoms with E-state index in [-0.39, 0.29) is 17.9 Å². The minimum atomic E-state index is -4.63. The normalized spacial score (nSPS) is 20.1. The van der Waals surface area contributed by atoms with Gasteiger partial charge in [-0.3, -0.25) is 9.80 Å². The molecule has 0 bridgehead atoms. The van der Waals surface area contributed by atoms with E-state index >= 15 is 0 Å². The first-order valence-electron chi connectivity index (χ1n) is 14.0. The zero-order valence-corrected chi connectivity index (χ0v) is 25.3. The highest BCUT2D eigenvalue weighted by Crippen LogP contribution is 2.37. The van der Waals surface area contributed by atoms with Crippen molar-refractivity contribution in [2.24, 2.45) is 0 Å². The number of alkyl carbamates (subject to hydrolysis) is 1. The number of nitrogens with zero attached hydrogens (tertiary/aromatic N) is 3. The number of amides is 1. The van der Waals surface area contributed by atoms with Crippen LogP contribution in [0.15, 0.2) is 30.3 Å². The van der Waals surface area contributed by atoms with Crippen molar-refractivity contribution in [2.45, 2.75) is 57.5 Å². The number of carbonyl (C=O) groups is 1. The van der Waals surface area contributed by atoms with Crippen LogP contribution in [-0.2, 0) is 17.3 Å². The van der Waals surface area contributed by atoms with Crippen molar-refractivity contribution in [3.05, 3.63) is 57.3 Å². The highest BCUT2D eigenvalue weighted by molar-refractivity contribution is 6.31. The maximum atomic E-state index is 13.3. The van der Waals surface area contributed by atoms with Crippen LogP contribution in [0.25, 0.3) is 10.9 Å². The van der Waals surface area contributed by atoms with Crippen LogP contribution >= 0.6 is 23.2 Å². The number of hydrogen-bond acceptors (Lipinski definition) is 6. The van der Waals surface area contributed by atoms with Crippen molar-refractivity contribution >= 4 is 46.0 Å². The van der Waals surface area contributed by atoms with E-state index in [1.54, 1.807) is 0 Å². The van der Waals surface area contributed by atoms with Crippen LogP contribution in [0.1, 0.15) is 50.2 Å². The summed E-state index contributed by atoms with van der Waals surface area (Å²) in [5, 5.41) is 7.38. The van der Waals surface area contributed by atoms with Gasteiger partial charge in [0.25, 0.3) is 0 Å². The van der Waals surface area contributed by atoms with Crippen molar-refractivity contribution in [1.29, 1.82) is 0 Å². The molecule has 2 aliphatic heterocycles. The van der Waals surface area contributed by atoms with E-state index in [4.69, 9.17) is 27.9 Å². The van der Waals surface area contributed by atoms with Crippen LogP contribution in [0.3, 0.4) is 0 Å². The molecule has 3 N–H and O–H groups in total. The number of rotatable bonds is 7. The van der Waals surface area contributed by atoms with Gasteiger partial charge >= 0.3 is 12.3 Å². The molecule has 42 heavy (non-hydrogen) atoms. The maximum Gasteiger partial charge on any atom is 0.434 e. The second-order valence-corrected chi connectivity index (χ2v) is 12.7. The van der Waals surface area contributed by atoms with E-state index < -0.39 is 28.6 Å². The van der Waals surface area contributed by atoms with Gasteiger partial charge in [0.2, 0.25) is 0 Å². The smallest absolute Gasteiger partial charge is 0.434 e. The summed E-state index contributed by atoms with van der Waals surface area (Å²) in [6.07, 6.45) is -3.43. The van der Waals surface area contributed by atoms with Crippen LogP contribution in [0, 0.1) is 0 Å². The van der Waals surface area contributed by atoms with E-state index in [0.717, 1.165) is 49.1 Å². The number of fused-ring (bicyclic) bond motifs is 3. The van der Waals surface area contributed by atoms with Gasteiger partial charge in [-0.05, 0) is 69.5 Å². The molecule has 0 aliphatic carbocycles. The lowest BCUT2D eigenvalue weighted by atomic mass is 9.96. The lowest BCUT2D eigenvalue weighted by molar-refractivity contribution is -0.141. The standard InChI is InChI=1S/C29H35Cl2F3N6O2/c1-28(2,3)42-27(41)36-18-8-11-39(15-18)16-23-25-19(20-14-17(30)4-6-22(20)37-25)9-12-40(23)13-10-35-24-7-5-21(31)26(38-24)29(32,33)34/h4-7,14,18,23,37H,8-13,15-16H2,1-3H3,(H,35,38)(H,36,41). The molecule has 4 heterocycles. The van der Waals surface area contributed by atoms with Gasteiger partial charge in [-0.25, -0.2) is 9.78 Å². The number of hydrogen-bond donors (Lipinski definition) is 3. The van der Waals surface area contributed by atoms with Crippen molar-refractivity contribution in [3.8, 4) is 0 Å². The number of alkyl halides is 3. The highest BCUT2D eigenvalue weighted by atomic mass is 35.5. The molecular weight excluding hydrogens is 592 g/mol. The molecule has 2 aliphatic rings. The van der Waals surface area contributed by atoms with Gasteiger partial charge in [0.15, 0.2) is 5.69 Å². The molecule has 2 unspecified atom stereocenters. The summed E-state index contributed by atoms with van der Waals surface area (Å²) >= 11 is 12.1. The number of carbonyl (C=O) groups excluding carboxylic acids is 1. The summed E-state index contributed by atoms with van der Waals surface area (Å²) in [5.41, 5.74) is 1.70. The van der Waals surface area contributed by atoms with Crippen molar-refractivity contribution in [1.82, 2.24) is 25.1 Å². The molecule has 2 aromatic heterocycles. The van der Waals surface area contributed by atoms with Crippen LogP contribution in [0.4, 0.5) is 23.8 Å². The number of aromatic nitrogens is 2. The third-order valence-corrected chi connectivity index (χ3v) is 8.11. The Labute approximate surface area is 252 Å². The fraction of sp³-hybridized carbons (Fsp3) is 0.517. The van der Waals surface area contributed by atoms with Gasteiger partial charge in [-0.1, -0.05) is 23.2 Å². The van der Waals surface area contributed by atoms with Gasteiger partial charge in [0.1, 0.15) is 11.4 Å². The third kappa shape index (κ3) is 7.24. The molecule has 1 aromatic carbocycles. The largest absolute Gasteiger partial charge is 0.444 e. The molecule has 2 atom stereocenters. The van der Waals surface area contributed by atoms with Crippen LogP contribution in [0.5, 0.6) is 0 Å². The van der Waals surface area contributed by atoms with Gasteiger partial charge in [0.05, 0.1) is 11.1 Å². The zero-order valence-electron chi connectivity index (χ0n) is 23.7. The number of pyridine rings is 1. The molecule has 8 nitrogen and oxygen atoms in total. The quantitative estimate of drug-likeness (QED) is 0.278. The number of halogens is 5. The Bertz CT molecular complexity index is 1440. The van der Waals surface area contributed by atoms with E-state index in [0.29, 0.717) is 24.7 Å². The van der Waals surface area contributed by atoms with E-state index in [9.17, 15) is 18.0 Å². The topological polar surface area (TPSA) is 85.5 Å². The summed E-state index contributed by atoms with van der Waals surface area (Å²) < 4.78 is 45.3. The van der Waals surface area contributed by atoms with E-state index in [1.807, 2.05) is 39.0 Å². The predicted octanol–water partition coefficient (Wildman–Crippen LogP) is 6.50. The summed E-state index contributed by atoms with van der Waals surface area (Å²) in [4.78, 5) is 24.3. The van der Waals surface area contributed by atoms with Crippen molar-refractivity contribution < 1.29 is 22.7 Å². The fourth-order valence-corrected chi connectivity index (χ4v) is 6.15. The first-order chi connectivity index (χ1) is 19.8. The Morgan fingerprint density at radius 2 is 1.95 bits per heavy atom. The first kappa shape index (κ1) is 30.7. The van der Waals surface area contributed by atoms with Crippen LogP contribution in [0.2, 0.25) is 10.0 Å². The Hall–Kier alpha value is -2.73. The summed E-state index contributed by atoms with van der Waals surface area (Å²) in [6.45, 7) is 9.49. The molecule has 3 aromatic rings. The van der Waals surface area contributed by atoms with Gasteiger partial charge in [-0.15, -0.1) is 0 Å². The molecule has 1 saturated heterocycles. The van der Waals surface area contributed by atoms with Crippen LogP contribution < -0.4 is 10.6 Å². The average Bonchev–Trinajstić information content (AvgIpc) is 3.48. The Morgan fingerprint density at radius 1 is 1.17 bits per heavy atom. The third-order valence-electron chi connectivity index (χ3n) is 7.57. The Balaban J connectivity index is 1.30. The molecule has 0 radical (unpaired) electrons. The molecule has 5 rings (SSSR count). The predicted molar refractivity (Wildman–Crippen MR) is 158 cm³/mol. The van der Waals surface area contributed by atoms with Gasteiger partial charge in [-0.2, -0.15) is 13.2 Å². The second kappa shape index (κ2) is 12.1. The number of H-pyrrole nitrogens is 1. The first-order valence-corrected chi connectivity index (χ1v) is 14.8. The number of likely N-dealkylation sites (tertiary alicyclic amines) is 1. The van der Waals surface area contributed by atoms with Gasteiger partial charge in [0, 0.05) is 66.9 Å². The monoisotopic (exact) mass is 626 g/mol. The lowest BCUT2D eigenvalue weighted by Crippen LogP contribution is -2.45. The summed E-state index contributed by atoms with van der Waals surface area (Å²) in [7, 11) is 0. The number of ether oxygens (including phenoxy) is 1. The summed E-state index contributed by atoms with van der Waals surface area (Å²) in [6, 6.07) is 8.49. The van der Waals surface area contributed by atoms with E-state index in [2.05, 4.69) is 30.4 Å². The molecule has 1 amide bonds. The molecule has 0 spiro atoms. The van der Waals surface area contributed by atoms with Gasteiger partial charge < -0.3 is 20.4 Å². The highest BCUT2D eigenvalue weighted by Gasteiger charge is 2.36. The number of benzene rings is 1. The minimum absolute atomic E-state index is 0.00548. The molecule has 228 valence electrons. The van der Waals surface area contributed by atoms with Crippen molar-refractivity contribution in [3.63, 3.8) is 0 Å². The maximum absolute atomic E-state index is 13.3. The minimum Gasteiger partial charge on any atom is -0.444 e. The second-order valence-electron chi connectivity index (χ2n) is 11.9. The zero-order chi connectivity index (χ0) is 30.2. The molecule has 0 saturated carbocycles. The van der Waals surface area contributed by atoms with Crippen molar-refractivity contribution in [2.75, 3.05) is 44.6 Å². The number of nitrogens with one attached hydrogen (secondary N) is 3. The number of aromatic amines is 1.